The number of hydrogen-bond donors (Lipinski definition) is 6. The van der Waals surface area contributed by atoms with E-state index in [1.807, 2.05) is 36.4 Å². The summed E-state index contributed by atoms with van der Waals surface area (Å²) in [4.78, 5) is 72.8. The minimum atomic E-state index is -1.18. The number of aromatic nitrogens is 2. The third-order valence-electron chi connectivity index (χ3n) is 7.68. The van der Waals surface area contributed by atoms with E-state index < -0.39 is 49.4 Å². The number of hydrogen-bond acceptors (Lipinski definition) is 11. The maximum Gasteiger partial charge on any atom is 0.317 e. The molecule has 0 aliphatic rings. The average molecular weight is 713 g/mol. The highest BCUT2D eigenvalue weighted by Gasteiger charge is 2.20. The normalized spacial score (nSPS) is 11.1. The zero-order valence-corrected chi connectivity index (χ0v) is 28.3. The summed E-state index contributed by atoms with van der Waals surface area (Å²) in [5, 5.41) is 35.4. The van der Waals surface area contributed by atoms with Gasteiger partial charge in [0.1, 0.15) is 5.69 Å². The molecule has 0 fully saturated rings. The summed E-state index contributed by atoms with van der Waals surface area (Å²) < 4.78 is 0. The molecule has 2 heterocycles. The lowest BCUT2D eigenvalue weighted by molar-refractivity contribution is -0.141. The molecular formula is C36H40N8O8. The van der Waals surface area contributed by atoms with Crippen molar-refractivity contribution in [2.24, 2.45) is 5.73 Å². The molecule has 0 spiro atoms. The average Bonchev–Trinajstić information content (AvgIpc) is 3.10. The first kappa shape index (κ1) is 38.8. The first-order valence-electron chi connectivity index (χ1n) is 16.3. The van der Waals surface area contributed by atoms with Crippen molar-refractivity contribution in [3.63, 3.8) is 0 Å². The summed E-state index contributed by atoms with van der Waals surface area (Å²) in [5.74, 6) is 1.73. The van der Waals surface area contributed by atoms with Gasteiger partial charge in [0.2, 0.25) is 11.8 Å². The molecule has 2 aromatic carbocycles. The number of carbonyl (C=O) groups excluding carboxylic acids is 2. The Hall–Kier alpha value is -5.99. The molecule has 52 heavy (non-hydrogen) atoms. The molecule has 16 heteroatoms. The lowest BCUT2D eigenvalue weighted by Crippen LogP contribution is -2.47. The van der Waals surface area contributed by atoms with Gasteiger partial charge in [0.05, 0.1) is 43.8 Å². The number of carboxylic acid groups (broad SMARTS) is 3. The number of amides is 2. The van der Waals surface area contributed by atoms with Crippen molar-refractivity contribution >= 4 is 57.2 Å². The predicted octanol–water partition coefficient (Wildman–Crippen LogP) is 0.356. The smallest absolute Gasteiger partial charge is 0.317 e. The molecule has 0 unspecified atom stereocenters. The maximum absolute atomic E-state index is 12.9. The van der Waals surface area contributed by atoms with E-state index in [4.69, 9.17) is 10.7 Å². The van der Waals surface area contributed by atoms with Crippen LogP contribution in [0.5, 0.6) is 0 Å². The largest absolute Gasteiger partial charge is 0.480 e. The lowest BCUT2D eigenvalue weighted by Gasteiger charge is -2.28. The Morgan fingerprint density at radius 2 is 1.21 bits per heavy atom. The van der Waals surface area contributed by atoms with Crippen LogP contribution in [0.25, 0.3) is 21.8 Å². The van der Waals surface area contributed by atoms with Crippen LogP contribution < -0.4 is 16.4 Å². The number of nitrogens with two attached hydrogens (primary N) is 1. The Morgan fingerprint density at radius 1 is 0.654 bits per heavy atom. The van der Waals surface area contributed by atoms with E-state index in [1.54, 1.807) is 30.5 Å². The van der Waals surface area contributed by atoms with Crippen molar-refractivity contribution in [1.29, 1.82) is 0 Å². The summed E-state index contributed by atoms with van der Waals surface area (Å²) in [7, 11) is 0. The van der Waals surface area contributed by atoms with Crippen molar-refractivity contribution < 1.29 is 39.3 Å². The molecule has 16 nitrogen and oxygen atoms in total. The summed E-state index contributed by atoms with van der Waals surface area (Å²) in [6.45, 7) is -1.26. The van der Waals surface area contributed by atoms with E-state index in [1.165, 1.54) is 14.7 Å². The Balaban J connectivity index is 1.34. The second kappa shape index (κ2) is 19.4. The minimum Gasteiger partial charge on any atom is -0.480 e. The summed E-state index contributed by atoms with van der Waals surface area (Å²) in [6.07, 6.45) is 1.72. The molecule has 0 aliphatic heterocycles. The number of pyridine rings is 2. The quantitative estimate of drug-likeness (QED) is 0.0570. The van der Waals surface area contributed by atoms with Gasteiger partial charge in [0.25, 0.3) is 0 Å². The summed E-state index contributed by atoms with van der Waals surface area (Å²) in [5.41, 5.74) is 8.67. The standard InChI is InChI=1S/C36H40N8O8/c37-13-15-38-30(45)20-43(23-33(49)50)18-16-42(22-32(47)48)17-19-44(24-34(51)52)21-31(46)40-28-9-3-25(4-10-28)5-11-29-12-8-27-7-6-26-2-1-14-39-35(26)36(27)41-29/h1-4,6-10,12,14H,13,15-24,37H2,(H,38,45)(H,40,46)(H,47,48)(H,49,50)(H,51,52). The van der Waals surface area contributed by atoms with Gasteiger partial charge in [-0.3, -0.25) is 43.7 Å². The molecule has 0 saturated carbocycles. The molecular weight excluding hydrogens is 672 g/mol. The minimum absolute atomic E-state index is 0.0199. The topological polar surface area (TPSA) is 232 Å². The highest BCUT2D eigenvalue weighted by Crippen LogP contribution is 2.22. The van der Waals surface area contributed by atoms with E-state index in [0.717, 1.165) is 21.8 Å². The molecule has 0 saturated heterocycles. The molecule has 4 rings (SSSR count). The number of carbonyl (C=O) groups is 5. The molecule has 4 aromatic rings. The molecule has 2 aromatic heterocycles. The van der Waals surface area contributed by atoms with Gasteiger partial charge in [-0.05, 0) is 48.4 Å². The third-order valence-corrected chi connectivity index (χ3v) is 7.68. The van der Waals surface area contributed by atoms with Gasteiger partial charge in [-0.2, -0.15) is 0 Å². The van der Waals surface area contributed by atoms with Crippen LogP contribution in [0.15, 0.2) is 66.9 Å². The van der Waals surface area contributed by atoms with Crippen LogP contribution in [0.3, 0.4) is 0 Å². The van der Waals surface area contributed by atoms with E-state index >= 15 is 0 Å². The van der Waals surface area contributed by atoms with E-state index in [0.29, 0.717) is 16.9 Å². The van der Waals surface area contributed by atoms with Crippen molar-refractivity contribution in [2.75, 3.05) is 77.3 Å². The Kier molecular flexibility index (Phi) is 14.5. The second-order valence-corrected chi connectivity index (χ2v) is 11.8. The van der Waals surface area contributed by atoms with Crippen LogP contribution >= 0.6 is 0 Å². The first-order valence-corrected chi connectivity index (χ1v) is 16.3. The number of carboxylic acids is 3. The van der Waals surface area contributed by atoms with Crippen LogP contribution in [0.4, 0.5) is 5.69 Å². The summed E-state index contributed by atoms with van der Waals surface area (Å²) >= 11 is 0. The highest BCUT2D eigenvalue weighted by molar-refractivity contribution is 6.02. The number of anilines is 1. The molecule has 0 bridgehead atoms. The third kappa shape index (κ3) is 12.7. The van der Waals surface area contributed by atoms with E-state index in [-0.39, 0.29) is 52.4 Å². The van der Waals surface area contributed by atoms with Gasteiger partial charge in [-0.25, -0.2) is 4.98 Å². The second-order valence-electron chi connectivity index (χ2n) is 11.8. The Morgan fingerprint density at radius 3 is 1.83 bits per heavy atom. The fraction of sp³-hybridized carbons (Fsp3) is 0.306. The zero-order chi connectivity index (χ0) is 37.5. The fourth-order valence-corrected chi connectivity index (χ4v) is 5.28. The highest BCUT2D eigenvalue weighted by atomic mass is 16.4. The van der Waals surface area contributed by atoms with E-state index in [9.17, 15) is 39.3 Å². The number of aliphatic carboxylic acids is 3. The van der Waals surface area contributed by atoms with Crippen LogP contribution in [0.2, 0.25) is 0 Å². The molecule has 272 valence electrons. The van der Waals surface area contributed by atoms with Gasteiger partial charge in [-0.1, -0.05) is 24.1 Å². The SMILES string of the molecule is NCCNC(=O)CN(CCN(CCN(CC(=O)O)CC(=O)Nc1ccc(C#Cc2ccc3ccc4cccnc4c3n2)cc1)CC(=O)O)CC(=O)O. The fourth-order valence-electron chi connectivity index (χ4n) is 5.28. The van der Waals surface area contributed by atoms with E-state index in [2.05, 4.69) is 27.5 Å². The monoisotopic (exact) mass is 712 g/mol. The van der Waals surface area contributed by atoms with Crippen LogP contribution in [0, 0.1) is 11.8 Å². The molecule has 0 atom stereocenters. The molecule has 0 radical (unpaired) electrons. The molecule has 7 N–H and O–H groups in total. The van der Waals surface area contributed by atoms with Crippen molar-refractivity contribution in [3.8, 4) is 11.8 Å². The maximum atomic E-state index is 12.9. The van der Waals surface area contributed by atoms with Crippen LogP contribution in [0.1, 0.15) is 11.3 Å². The number of fused-ring (bicyclic) bond motifs is 3. The lowest BCUT2D eigenvalue weighted by atomic mass is 10.1. The molecule has 2 amide bonds. The van der Waals surface area contributed by atoms with Crippen molar-refractivity contribution in [3.05, 3.63) is 78.1 Å². The molecule has 0 aliphatic carbocycles. The number of nitrogens with zero attached hydrogens (tertiary/aromatic N) is 5. The van der Waals surface area contributed by atoms with Gasteiger partial charge < -0.3 is 31.7 Å². The van der Waals surface area contributed by atoms with Gasteiger partial charge in [0.15, 0.2) is 0 Å². The van der Waals surface area contributed by atoms with Crippen molar-refractivity contribution in [1.82, 2.24) is 30.0 Å². The zero-order valence-electron chi connectivity index (χ0n) is 28.3. The summed E-state index contributed by atoms with van der Waals surface area (Å²) in [6, 6.07) is 18.4. The number of benzene rings is 2. The Bertz CT molecular complexity index is 1960. The van der Waals surface area contributed by atoms with Gasteiger partial charge >= 0.3 is 17.9 Å². The van der Waals surface area contributed by atoms with Crippen LogP contribution in [-0.4, -0.2) is 142 Å². The Labute approximate surface area is 299 Å². The number of rotatable bonds is 19. The number of nitrogens with one attached hydrogen (secondary N) is 2. The first-order chi connectivity index (χ1) is 25.0. The van der Waals surface area contributed by atoms with Gasteiger partial charge in [-0.15, -0.1) is 0 Å². The van der Waals surface area contributed by atoms with Gasteiger partial charge in [0, 0.05) is 67.5 Å². The van der Waals surface area contributed by atoms with Crippen molar-refractivity contribution in [2.45, 2.75) is 0 Å². The predicted molar refractivity (Wildman–Crippen MR) is 192 cm³/mol. The van der Waals surface area contributed by atoms with Crippen LogP contribution in [-0.2, 0) is 24.0 Å².